The van der Waals surface area contributed by atoms with Gasteiger partial charge in [0.1, 0.15) is 17.2 Å². The van der Waals surface area contributed by atoms with Crippen LogP contribution >= 0.6 is 11.3 Å². The van der Waals surface area contributed by atoms with E-state index >= 15 is 0 Å². The van der Waals surface area contributed by atoms with Gasteiger partial charge in [-0.3, -0.25) is 24.5 Å². The summed E-state index contributed by atoms with van der Waals surface area (Å²) in [5.74, 6) is -0.226. The van der Waals surface area contributed by atoms with Gasteiger partial charge in [-0.05, 0) is 36.9 Å². The summed E-state index contributed by atoms with van der Waals surface area (Å²) in [6.45, 7) is 6.76. The fraction of sp³-hybridized carbons (Fsp3) is 0.364. The SMILES string of the molecule is Cc1nn(Cc2csc(C(=O)N3CCN(Cc4ccccc4F)CC3)c2)c(C)c1[N+](=O)[O-]. The summed E-state index contributed by atoms with van der Waals surface area (Å²) in [6, 6.07) is 8.60. The van der Waals surface area contributed by atoms with Gasteiger partial charge in [0.05, 0.1) is 16.3 Å². The fourth-order valence-corrected chi connectivity index (χ4v) is 4.85. The Balaban J connectivity index is 1.36. The van der Waals surface area contributed by atoms with Crippen LogP contribution in [0.3, 0.4) is 0 Å². The van der Waals surface area contributed by atoms with E-state index in [4.69, 9.17) is 0 Å². The Morgan fingerprint density at radius 2 is 1.91 bits per heavy atom. The molecule has 1 fully saturated rings. The first-order valence-electron chi connectivity index (χ1n) is 10.3. The maximum absolute atomic E-state index is 13.9. The Hall–Kier alpha value is -3.11. The number of aromatic nitrogens is 2. The first-order valence-corrected chi connectivity index (χ1v) is 11.2. The third kappa shape index (κ3) is 4.56. The molecule has 32 heavy (non-hydrogen) atoms. The van der Waals surface area contributed by atoms with Crippen LogP contribution in [0.25, 0.3) is 0 Å². The molecular formula is C22H24FN5O3S. The number of aryl methyl sites for hydroxylation is 1. The molecule has 4 rings (SSSR count). The van der Waals surface area contributed by atoms with E-state index < -0.39 is 4.92 Å². The summed E-state index contributed by atoms with van der Waals surface area (Å²) in [6.07, 6.45) is 0. The molecule has 0 saturated carbocycles. The van der Waals surface area contributed by atoms with Crippen LogP contribution in [0, 0.1) is 29.8 Å². The summed E-state index contributed by atoms with van der Waals surface area (Å²) in [4.78, 5) is 28.3. The molecule has 0 radical (unpaired) electrons. The number of benzene rings is 1. The minimum Gasteiger partial charge on any atom is -0.335 e. The summed E-state index contributed by atoms with van der Waals surface area (Å²) >= 11 is 1.37. The lowest BCUT2D eigenvalue weighted by Gasteiger charge is -2.34. The number of carbonyl (C=O) groups is 1. The van der Waals surface area contributed by atoms with Crippen molar-refractivity contribution in [2.75, 3.05) is 26.2 Å². The van der Waals surface area contributed by atoms with Gasteiger partial charge in [-0.15, -0.1) is 11.3 Å². The van der Waals surface area contributed by atoms with Gasteiger partial charge in [0, 0.05) is 38.3 Å². The van der Waals surface area contributed by atoms with Crippen molar-refractivity contribution in [3.63, 3.8) is 0 Å². The topological polar surface area (TPSA) is 84.5 Å². The number of thiophene rings is 1. The van der Waals surface area contributed by atoms with E-state index in [2.05, 4.69) is 10.00 Å². The molecule has 8 nitrogen and oxygen atoms in total. The van der Waals surface area contributed by atoms with E-state index in [1.54, 1.807) is 30.7 Å². The molecule has 168 valence electrons. The second-order valence-electron chi connectivity index (χ2n) is 7.91. The average Bonchev–Trinajstić information content (AvgIpc) is 3.34. The smallest absolute Gasteiger partial charge is 0.312 e. The highest BCUT2D eigenvalue weighted by molar-refractivity contribution is 7.12. The zero-order chi connectivity index (χ0) is 22.8. The molecule has 1 aliphatic heterocycles. The predicted molar refractivity (Wildman–Crippen MR) is 119 cm³/mol. The Bertz CT molecular complexity index is 1150. The molecule has 0 atom stereocenters. The molecule has 1 aromatic carbocycles. The van der Waals surface area contributed by atoms with E-state index in [1.807, 2.05) is 22.4 Å². The van der Waals surface area contributed by atoms with Gasteiger partial charge in [-0.2, -0.15) is 5.10 Å². The molecule has 1 amide bonds. The minimum absolute atomic E-state index is 0.0221. The Kier molecular flexibility index (Phi) is 6.33. The first-order chi connectivity index (χ1) is 15.3. The molecule has 0 unspecified atom stereocenters. The highest BCUT2D eigenvalue weighted by Gasteiger charge is 2.25. The molecule has 1 aliphatic rings. The summed E-state index contributed by atoms with van der Waals surface area (Å²) in [5.41, 5.74) is 2.46. The largest absolute Gasteiger partial charge is 0.335 e. The standard InChI is InChI=1S/C22H24FN5O3S/c1-15-21(28(30)31)16(2)27(24-15)12-17-11-20(32-14-17)22(29)26-9-7-25(8-10-26)13-18-5-3-4-6-19(18)23/h3-6,11,14H,7-10,12-13H2,1-2H3. The summed E-state index contributed by atoms with van der Waals surface area (Å²) in [7, 11) is 0. The van der Waals surface area contributed by atoms with Crippen LogP contribution in [0.2, 0.25) is 0 Å². The number of rotatable bonds is 6. The van der Waals surface area contributed by atoms with Crippen LogP contribution in [-0.2, 0) is 13.1 Å². The maximum atomic E-state index is 13.9. The van der Waals surface area contributed by atoms with Crippen molar-refractivity contribution in [1.29, 1.82) is 0 Å². The zero-order valence-corrected chi connectivity index (χ0v) is 18.8. The van der Waals surface area contributed by atoms with E-state index in [0.29, 0.717) is 61.1 Å². The quantitative estimate of drug-likeness (QED) is 0.417. The van der Waals surface area contributed by atoms with E-state index in [-0.39, 0.29) is 17.4 Å². The molecule has 3 heterocycles. The highest BCUT2D eigenvalue weighted by Crippen LogP contribution is 2.24. The third-order valence-electron chi connectivity index (χ3n) is 5.73. The third-order valence-corrected chi connectivity index (χ3v) is 6.70. The van der Waals surface area contributed by atoms with Gasteiger partial charge in [0.15, 0.2) is 0 Å². The number of piperazine rings is 1. The highest BCUT2D eigenvalue weighted by atomic mass is 32.1. The zero-order valence-electron chi connectivity index (χ0n) is 18.0. The molecule has 0 bridgehead atoms. The molecule has 3 aromatic rings. The van der Waals surface area contributed by atoms with Gasteiger partial charge < -0.3 is 4.90 Å². The van der Waals surface area contributed by atoms with Crippen molar-refractivity contribution in [1.82, 2.24) is 19.6 Å². The predicted octanol–water partition coefficient (Wildman–Crippen LogP) is 3.62. The Morgan fingerprint density at radius 3 is 2.56 bits per heavy atom. The monoisotopic (exact) mass is 457 g/mol. The first kappa shape index (κ1) is 22.1. The Morgan fingerprint density at radius 1 is 1.19 bits per heavy atom. The van der Waals surface area contributed by atoms with Crippen LogP contribution < -0.4 is 0 Å². The average molecular weight is 458 g/mol. The number of halogens is 1. The number of hydrogen-bond acceptors (Lipinski definition) is 6. The molecule has 10 heteroatoms. The number of carbonyl (C=O) groups excluding carboxylic acids is 1. The lowest BCUT2D eigenvalue weighted by molar-refractivity contribution is -0.386. The van der Waals surface area contributed by atoms with Crippen LogP contribution in [0.5, 0.6) is 0 Å². The molecule has 2 aromatic heterocycles. The fourth-order valence-electron chi connectivity index (χ4n) is 3.98. The van der Waals surface area contributed by atoms with Crippen LogP contribution in [0.1, 0.15) is 32.2 Å². The molecule has 0 N–H and O–H groups in total. The molecule has 0 aliphatic carbocycles. The number of hydrogen-bond donors (Lipinski definition) is 0. The number of nitrogens with zero attached hydrogens (tertiary/aromatic N) is 5. The van der Waals surface area contributed by atoms with Gasteiger partial charge in [-0.1, -0.05) is 18.2 Å². The Labute approximate surface area is 189 Å². The minimum atomic E-state index is -0.414. The van der Waals surface area contributed by atoms with Gasteiger partial charge >= 0.3 is 5.69 Å². The van der Waals surface area contributed by atoms with Crippen molar-refractivity contribution in [3.8, 4) is 0 Å². The summed E-state index contributed by atoms with van der Waals surface area (Å²) < 4.78 is 15.5. The van der Waals surface area contributed by atoms with E-state index in [1.165, 1.54) is 17.4 Å². The van der Waals surface area contributed by atoms with Gasteiger partial charge in [0.2, 0.25) is 0 Å². The molecule has 1 saturated heterocycles. The molecular weight excluding hydrogens is 433 g/mol. The number of nitro groups is 1. The second-order valence-corrected chi connectivity index (χ2v) is 8.82. The van der Waals surface area contributed by atoms with E-state index in [0.717, 1.165) is 5.56 Å². The molecule has 0 spiro atoms. The lowest BCUT2D eigenvalue weighted by atomic mass is 10.2. The van der Waals surface area contributed by atoms with Crippen molar-refractivity contribution in [2.24, 2.45) is 0 Å². The summed E-state index contributed by atoms with van der Waals surface area (Å²) in [5, 5.41) is 17.4. The van der Waals surface area contributed by atoms with Crippen molar-refractivity contribution >= 4 is 22.9 Å². The second kappa shape index (κ2) is 9.17. The van der Waals surface area contributed by atoms with Crippen molar-refractivity contribution < 1.29 is 14.1 Å². The maximum Gasteiger partial charge on any atom is 0.312 e. The van der Waals surface area contributed by atoms with Crippen molar-refractivity contribution in [2.45, 2.75) is 26.9 Å². The van der Waals surface area contributed by atoms with Crippen molar-refractivity contribution in [3.05, 3.63) is 79.0 Å². The number of amides is 1. The normalized spacial score (nSPS) is 14.7. The lowest BCUT2D eigenvalue weighted by Crippen LogP contribution is -2.48. The van der Waals surface area contributed by atoms with Crippen LogP contribution in [0.15, 0.2) is 35.7 Å². The van der Waals surface area contributed by atoms with Crippen LogP contribution in [0.4, 0.5) is 10.1 Å². The van der Waals surface area contributed by atoms with Crippen LogP contribution in [-0.4, -0.2) is 56.6 Å². The van der Waals surface area contributed by atoms with Gasteiger partial charge in [0.25, 0.3) is 5.91 Å². The van der Waals surface area contributed by atoms with Gasteiger partial charge in [-0.25, -0.2) is 4.39 Å². The van der Waals surface area contributed by atoms with E-state index in [9.17, 15) is 19.3 Å².